The minimum absolute atomic E-state index is 0.118. The smallest absolute Gasteiger partial charge is 0.410 e. The molecule has 3 rings (SSSR count). The number of nitrogens with zero attached hydrogens (tertiary/aromatic N) is 2. The van der Waals surface area contributed by atoms with Crippen LogP contribution >= 0.6 is 0 Å². The van der Waals surface area contributed by atoms with E-state index in [0.29, 0.717) is 19.1 Å². The number of carbonyl (C=O) groups is 1. The summed E-state index contributed by atoms with van der Waals surface area (Å²) < 4.78 is 11.4. The van der Waals surface area contributed by atoms with Gasteiger partial charge in [0, 0.05) is 19.1 Å². The number of fused-ring (bicyclic) bond motifs is 1. The maximum Gasteiger partial charge on any atom is 0.410 e. The van der Waals surface area contributed by atoms with Crippen LogP contribution in [0, 0.1) is 0 Å². The number of ether oxygens (including phenoxy) is 1. The molecule has 6 heteroatoms. The number of rotatable bonds is 11. The second kappa shape index (κ2) is 11.6. The predicted octanol–water partition coefficient (Wildman–Crippen LogP) is 6.93. The van der Waals surface area contributed by atoms with Crippen molar-refractivity contribution in [3.8, 4) is 0 Å². The number of aryl methyl sites for hydroxylation is 1. The quantitative estimate of drug-likeness (QED) is 0.381. The van der Waals surface area contributed by atoms with E-state index >= 15 is 0 Å². The van der Waals surface area contributed by atoms with Crippen LogP contribution in [0.3, 0.4) is 0 Å². The summed E-state index contributed by atoms with van der Waals surface area (Å²) in [6.07, 6.45) is 12.3. The van der Waals surface area contributed by atoms with Crippen molar-refractivity contribution in [2.24, 2.45) is 0 Å². The number of carbonyl (C=O) groups excluding carboxylic acids is 1. The highest BCUT2D eigenvalue weighted by atomic mass is 16.6. The summed E-state index contributed by atoms with van der Waals surface area (Å²) >= 11 is 0. The van der Waals surface area contributed by atoms with Crippen LogP contribution < -0.4 is 5.32 Å². The van der Waals surface area contributed by atoms with Crippen LogP contribution in [0.2, 0.25) is 0 Å². The van der Waals surface area contributed by atoms with Crippen LogP contribution in [0.4, 0.5) is 10.8 Å². The third-order valence-corrected chi connectivity index (χ3v) is 5.94. The van der Waals surface area contributed by atoms with Crippen molar-refractivity contribution in [2.75, 3.05) is 18.4 Å². The molecular formula is C26H41N3O3. The average Bonchev–Trinajstić information content (AvgIpc) is 3.35. The van der Waals surface area contributed by atoms with Crippen molar-refractivity contribution >= 4 is 23.2 Å². The Morgan fingerprint density at radius 1 is 1.16 bits per heavy atom. The van der Waals surface area contributed by atoms with Crippen molar-refractivity contribution in [3.63, 3.8) is 0 Å². The molecule has 1 aliphatic rings. The predicted molar refractivity (Wildman–Crippen MR) is 130 cm³/mol. The fraction of sp³-hybridized carbons (Fsp3) is 0.692. The van der Waals surface area contributed by atoms with Crippen LogP contribution in [-0.4, -0.2) is 40.7 Å². The van der Waals surface area contributed by atoms with E-state index in [1.807, 2.05) is 26.8 Å². The van der Waals surface area contributed by atoms with Crippen LogP contribution in [0.25, 0.3) is 11.1 Å². The summed E-state index contributed by atoms with van der Waals surface area (Å²) in [6, 6.07) is 6.98. The lowest BCUT2D eigenvalue weighted by Crippen LogP contribution is -2.36. The SMILES string of the molecule is CCCCCCCCCCc1ccc2nc(N[C@@H]3CCN(C(=O)OC(C)(C)C)C3)oc2c1. The number of likely N-dealkylation sites (tertiary alicyclic amines) is 1. The summed E-state index contributed by atoms with van der Waals surface area (Å²) in [5.74, 6) is 0. The van der Waals surface area contributed by atoms with Crippen LogP contribution in [-0.2, 0) is 11.2 Å². The molecule has 1 saturated heterocycles. The third kappa shape index (κ3) is 7.72. The van der Waals surface area contributed by atoms with Crippen LogP contribution in [0.1, 0.15) is 91.0 Å². The van der Waals surface area contributed by atoms with Gasteiger partial charge in [0.05, 0.1) is 0 Å². The molecule has 6 nitrogen and oxygen atoms in total. The standard InChI is InChI=1S/C26H41N3O3/c1-5-6-7-8-9-10-11-12-13-20-14-15-22-23(18-20)31-24(28-22)27-21-16-17-29(19-21)25(30)32-26(2,3)4/h14-15,18,21H,5-13,16-17,19H2,1-4H3,(H,27,28)/t21-/m1/s1. The van der Waals surface area contributed by atoms with Gasteiger partial charge >= 0.3 is 6.09 Å². The van der Waals surface area contributed by atoms with Crippen molar-refractivity contribution < 1.29 is 13.9 Å². The molecule has 0 radical (unpaired) electrons. The van der Waals surface area contributed by atoms with Gasteiger partial charge in [0.2, 0.25) is 0 Å². The molecule has 0 aliphatic carbocycles. The number of hydrogen-bond acceptors (Lipinski definition) is 5. The monoisotopic (exact) mass is 443 g/mol. The Kier molecular flexibility index (Phi) is 8.83. The zero-order valence-corrected chi connectivity index (χ0v) is 20.4. The first-order chi connectivity index (χ1) is 15.3. The molecular weight excluding hydrogens is 402 g/mol. The van der Waals surface area contributed by atoms with Crippen LogP contribution in [0.15, 0.2) is 22.6 Å². The Balaban J connectivity index is 1.43. The van der Waals surface area contributed by atoms with E-state index in [9.17, 15) is 4.79 Å². The first-order valence-corrected chi connectivity index (χ1v) is 12.5. The topological polar surface area (TPSA) is 67.6 Å². The summed E-state index contributed by atoms with van der Waals surface area (Å²) in [4.78, 5) is 18.6. The van der Waals surface area contributed by atoms with Crippen LogP contribution in [0.5, 0.6) is 0 Å². The molecule has 1 N–H and O–H groups in total. The molecule has 0 unspecified atom stereocenters. The molecule has 2 aromatic rings. The van der Waals surface area contributed by atoms with Gasteiger partial charge in [-0.2, -0.15) is 4.98 Å². The first kappa shape index (κ1) is 24.4. The lowest BCUT2D eigenvalue weighted by atomic mass is 10.0. The second-order valence-electron chi connectivity index (χ2n) is 10.1. The van der Waals surface area contributed by atoms with E-state index in [-0.39, 0.29) is 12.1 Å². The summed E-state index contributed by atoms with van der Waals surface area (Å²) in [5, 5.41) is 3.35. The second-order valence-corrected chi connectivity index (χ2v) is 10.1. The molecule has 1 aliphatic heterocycles. The molecule has 1 aromatic carbocycles. The number of amides is 1. The molecule has 0 spiro atoms. The molecule has 1 fully saturated rings. The van der Waals surface area contributed by atoms with Gasteiger partial charge in [-0.05, 0) is 57.7 Å². The molecule has 1 atom stereocenters. The van der Waals surface area contributed by atoms with E-state index in [2.05, 4.69) is 29.4 Å². The highest BCUT2D eigenvalue weighted by Gasteiger charge is 2.30. The summed E-state index contributed by atoms with van der Waals surface area (Å²) in [7, 11) is 0. The summed E-state index contributed by atoms with van der Waals surface area (Å²) in [5.41, 5.74) is 2.53. The molecule has 32 heavy (non-hydrogen) atoms. The van der Waals surface area contributed by atoms with Gasteiger partial charge in [0.15, 0.2) is 5.58 Å². The lowest BCUT2D eigenvalue weighted by Gasteiger charge is -2.24. The Morgan fingerprint density at radius 2 is 1.88 bits per heavy atom. The number of hydrogen-bond donors (Lipinski definition) is 1. The summed E-state index contributed by atoms with van der Waals surface area (Å²) in [6.45, 7) is 9.19. The Hall–Kier alpha value is -2.24. The van der Waals surface area contributed by atoms with Gasteiger partial charge in [-0.3, -0.25) is 0 Å². The average molecular weight is 444 g/mol. The van der Waals surface area contributed by atoms with E-state index < -0.39 is 5.60 Å². The molecule has 1 amide bonds. The van der Waals surface area contributed by atoms with Crippen molar-refractivity contribution in [3.05, 3.63) is 23.8 Å². The molecule has 2 heterocycles. The normalized spacial score (nSPS) is 16.6. The number of aromatic nitrogens is 1. The zero-order chi connectivity index (χ0) is 23.0. The molecule has 0 bridgehead atoms. The third-order valence-electron chi connectivity index (χ3n) is 5.94. The highest BCUT2D eigenvalue weighted by Crippen LogP contribution is 2.24. The van der Waals surface area contributed by atoms with Crippen molar-refractivity contribution in [1.82, 2.24) is 9.88 Å². The number of anilines is 1. The Bertz CT molecular complexity index is 856. The minimum atomic E-state index is -0.477. The minimum Gasteiger partial charge on any atom is -0.444 e. The maximum absolute atomic E-state index is 12.3. The molecule has 178 valence electrons. The molecule has 0 saturated carbocycles. The van der Waals surface area contributed by atoms with Gasteiger partial charge in [0.25, 0.3) is 6.01 Å². The van der Waals surface area contributed by atoms with E-state index in [1.54, 1.807) is 4.90 Å². The lowest BCUT2D eigenvalue weighted by molar-refractivity contribution is 0.0293. The van der Waals surface area contributed by atoms with Gasteiger partial charge in [-0.25, -0.2) is 4.79 Å². The zero-order valence-electron chi connectivity index (χ0n) is 20.4. The largest absolute Gasteiger partial charge is 0.444 e. The van der Waals surface area contributed by atoms with E-state index in [1.165, 1.54) is 56.9 Å². The van der Waals surface area contributed by atoms with Gasteiger partial charge in [-0.1, -0.05) is 57.9 Å². The highest BCUT2D eigenvalue weighted by molar-refractivity contribution is 5.75. The number of unbranched alkanes of at least 4 members (excludes halogenated alkanes) is 7. The number of oxazole rings is 1. The maximum atomic E-state index is 12.3. The fourth-order valence-electron chi connectivity index (χ4n) is 4.19. The van der Waals surface area contributed by atoms with Gasteiger partial charge < -0.3 is 19.4 Å². The van der Waals surface area contributed by atoms with Gasteiger partial charge in [-0.15, -0.1) is 0 Å². The fourth-order valence-corrected chi connectivity index (χ4v) is 4.19. The first-order valence-electron chi connectivity index (χ1n) is 12.5. The Labute approximate surface area is 193 Å². The van der Waals surface area contributed by atoms with Gasteiger partial charge in [0.1, 0.15) is 11.1 Å². The van der Waals surface area contributed by atoms with Crippen molar-refractivity contribution in [1.29, 1.82) is 0 Å². The van der Waals surface area contributed by atoms with E-state index in [4.69, 9.17) is 9.15 Å². The number of nitrogens with one attached hydrogen (secondary N) is 1. The molecule has 1 aromatic heterocycles. The van der Waals surface area contributed by atoms with E-state index in [0.717, 1.165) is 23.9 Å². The number of benzene rings is 1. The Morgan fingerprint density at radius 3 is 2.59 bits per heavy atom. The van der Waals surface area contributed by atoms with Crippen molar-refractivity contribution in [2.45, 2.75) is 104 Å².